The number of nitriles is 1. The van der Waals surface area contributed by atoms with Gasteiger partial charge in [-0.15, -0.1) is 0 Å². The molecule has 0 saturated carbocycles. The topological polar surface area (TPSA) is 90.4 Å². The van der Waals surface area contributed by atoms with Gasteiger partial charge in [0.05, 0.1) is 27.0 Å². The lowest BCUT2D eigenvalue weighted by Gasteiger charge is -2.17. The van der Waals surface area contributed by atoms with Gasteiger partial charge in [0.15, 0.2) is 11.5 Å². The fraction of sp³-hybridized carbons (Fsp3) is 0.143. The summed E-state index contributed by atoms with van der Waals surface area (Å²) in [5.41, 5.74) is 9.14. The molecule has 3 aromatic rings. The smallest absolute Gasteiger partial charge is 0.203 e. The molecule has 0 aliphatic carbocycles. The van der Waals surface area contributed by atoms with Crippen LogP contribution >= 0.6 is 15.9 Å². The van der Waals surface area contributed by atoms with E-state index >= 15 is 0 Å². The molecule has 0 atom stereocenters. The highest BCUT2D eigenvalue weighted by Gasteiger charge is 2.22. The number of methoxy groups -OCH3 is 3. The Labute approximate surface area is 171 Å². The second kappa shape index (κ2) is 8.19. The fourth-order valence-electron chi connectivity index (χ4n) is 3.02. The van der Waals surface area contributed by atoms with Crippen LogP contribution in [0.25, 0.3) is 22.4 Å². The summed E-state index contributed by atoms with van der Waals surface area (Å²) in [5, 5.41) is 9.69. The van der Waals surface area contributed by atoms with Crippen molar-refractivity contribution in [1.82, 2.24) is 4.98 Å². The molecule has 28 heavy (non-hydrogen) atoms. The van der Waals surface area contributed by atoms with E-state index in [1.165, 1.54) is 14.2 Å². The predicted molar refractivity (Wildman–Crippen MR) is 112 cm³/mol. The van der Waals surface area contributed by atoms with Crippen molar-refractivity contribution in [2.24, 2.45) is 0 Å². The van der Waals surface area contributed by atoms with Crippen LogP contribution < -0.4 is 19.9 Å². The third-order valence-electron chi connectivity index (χ3n) is 4.30. The average Bonchev–Trinajstić information content (AvgIpc) is 2.72. The zero-order valence-corrected chi connectivity index (χ0v) is 17.2. The summed E-state index contributed by atoms with van der Waals surface area (Å²) in [4.78, 5) is 4.42. The van der Waals surface area contributed by atoms with Crippen LogP contribution in [0.2, 0.25) is 0 Å². The molecule has 0 saturated heterocycles. The van der Waals surface area contributed by atoms with Crippen molar-refractivity contribution in [3.8, 4) is 45.7 Å². The molecule has 0 unspecified atom stereocenters. The maximum absolute atomic E-state index is 9.69. The lowest BCUT2D eigenvalue weighted by Crippen LogP contribution is -2.02. The number of nitrogens with two attached hydrogens (primary N) is 1. The Balaban J connectivity index is 2.34. The number of rotatable bonds is 5. The minimum atomic E-state index is 0.141. The maximum Gasteiger partial charge on any atom is 0.203 e. The van der Waals surface area contributed by atoms with Crippen molar-refractivity contribution in [3.05, 3.63) is 52.5 Å². The highest BCUT2D eigenvalue weighted by molar-refractivity contribution is 9.10. The Hall–Kier alpha value is -3.24. The molecule has 0 radical (unpaired) electrons. The molecule has 2 N–H and O–H groups in total. The van der Waals surface area contributed by atoms with Crippen LogP contribution in [0.15, 0.2) is 46.9 Å². The zero-order chi connectivity index (χ0) is 20.3. The van der Waals surface area contributed by atoms with E-state index in [1.54, 1.807) is 19.2 Å². The molecule has 1 aromatic heterocycles. The molecule has 1 heterocycles. The van der Waals surface area contributed by atoms with Gasteiger partial charge in [-0.05, 0) is 24.3 Å². The Kier molecular flexibility index (Phi) is 5.71. The summed E-state index contributed by atoms with van der Waals surface area (Å²) in [6.45, 7) is 0. The summed E-state index contributed by atoms with van der Waals surface area (Å²) < 4.78 is 17.3. The number of aromatic nitrogens is 1. The van der Waals surface area contributed by atoms with Crippen molar-refractivity contribution < 1.29 is 14.2 Å². The van der Waals surface area contributed by atoms with Crippen molar-refractivity contribution in [2.75, 3.05) is 27.1 Å². The Morgan fingerprint density at radius 1 is 0.929 bits per heavy atom. The Morgan fingerprint density at radius 2 is 1.64 bits per heavy atom. The first-order valence-corrected chi connectivity index (χ1v) is 9.09. The van der Waals surface area contributed by atoms with Crippen LogP contribution in [0.1, 0.15) is 5.56 Å². The summed E-state index contributed by atoms with van der Waals surface area (Å²) in [7, 11) is 4.61. The van der Waals surface area contributed by atoms with E-state index in [4.69, 9.17) is 19.9 Å². The van der Waals surface area contributed by atoms with E-state index < -0.39 is 0 Å². The molecule has 0 bridgehead atoms. The van der Waals surface area contributed by atoms with Gasteiger partial charge < -0.3 is 19.9 Å². The molecule has 6 nitrogen and oxygen atoms in total. The van der Waals surface area contributed by atoms with Gasteiger partial charge in [0.25, 0.3) is 0 Å². The van der Waals surface area contributed by atoms with E-state index in [0.717, 1.165) is 10.0 Å². The fourth-order valence-corrected chi connectivity index (χ4v) is 3.50. The largest absolute Gasteiger partial charge is 0.493 e. The van der Waals surface area contributed by atoms with Gasteiger partial charge >= 0.3 is 0 Å². The molecule has 2 aromatic carbocycles. The standard InChI is InChI=1S/C21H18BrN3O3/c1-26-18-9-8-12(19(27-2)20(18)28-3)14-10-17(25-21(24)15(14)11-23)13-6-4-5-7-16(13)22/h4-10H,1-3H3,(H2,24,25). The van der Waals surface area contributed by atoms with Crippen LogP contribution in [0.5, 0.6) is 17.2 Å². The minimum absolute atomic E-state index is 0.141. The van der Waals surface area contributed by atoms with Crippen molar-refractivity contribution >= 4 is 21.7 Å². The van der Waals surface area contributed by atoms with Crippen LogP contribution in [-0.2, 0) is 0 Å². The zero-order valence-electron chi connectivity index (χ0n) is 15.6. The van der Waals surface area contributed by atoms with E-state index in [0.29, 0.717) is 34.1 Å². The number of ether oxygens (including phenoxy) is 3. The molecule has 142 valence electrons. The number of halogens is 1. The number of pyridine rings is 1. The maximum atomic E-state index is 9.69. The summed E-state index contributed by atoms with van der Waals surface area (Å²) in [6, 6.07) is 15.2. The molecular formula is C21H18BrN3O3. The second-order valence-electron chi connectivity index (χ2n) is 5.79. The highest BCUT2D eigenvalue weighted by atomic mass is 79.9. The molecule has 0 aliphatic rings. The lowest BCUT2D eigenvalue weighted by atomic mass is 9.97. The summed E-state index contributed by atoms with van der Waals surface area (Å²) >= 11 is 3.54. The monoisotopic (exact) mass is 439 g/mol. The first-order chi connectivity index (χ1) is 13.5. The first kappa shape index (κ1) is 19.5. The molecule has 0 amide bonds. The number of anilines is 1. The predicted octanol–water partition coefficient (Wildman–Crippen LogP) is 4.66. The number of benzene rings is 2. The van der Waals surface area contributed by atoms with E-state index in [9.17, 15) is 5.26 Å². The number of nitrogen functional groups attached to an aromatic ring is 1. The van der Waals surface area contributed by atoms with E-state index in [-0.39, 0.29) is 11.4 Å². The molecule has 7 heteroatoms. The van der Waals surface area contributed by atoms with Crippen LogP contribution in [-0.4, -0.2) is 26.3 Å². The van der Waals surface area contributed by atoms with Gasteiger partial charge in [0, 0.05) is 21.2 Å². The Bertz CT molecular complexity index is 1080. The van der Waals surface area contributed by atoms with Crippen molar-refractivity contribution in [3.63, 3.8) is 0 Å². The van der Waals surface area contributed by atoms with Gasteiger partial charge in [-0.1, -0.05) is 34.1 Å². The average molecular weight is 440 g/mol. The molecule has 3 rings (SSSR count). The number of nitrogens with zero attached hydrogens (tertiary/aromatic N) is 2. The normalized spacial score (nSPS) is 10.2. The third-order valence-corrected chi connectivity index (χ3v) is 4.99. The minimum Gasteiger partial charge on any atom is -0.493 e. The summed E-state index contributed by atoms with van der Waals surface area (Å²) in [5.74, 6) is 1.54. The van der Waals surface area contributed by atoms with Gasteiger partial charge in [-0.2, -0.15) is 5.26 Å². The van der Waals surface area contributed by atoms with Gasteiger partial charge in [0.1, 0.15) is 17.5 Å². The SMILES string of the molecule is COc1ccc(-c2cc(-c3ccccc3Br)nc(N)c2C#N)c(OC)c1OC. The number of hydrogen-bond donors (Lipinski definition) is 1. The Morgan fingerprint density at radius 3 is 2.25 bits per heavy atom. The van der Waals surface area contributed by atoms with Crippen LogP contribution in [0.4, 0.5) is 5.82 Å². The first-order valence-electron chi connectivity index (χ1n) is 8.30. The summed E-state index contributed by atoms with van der Waals surface area (Å²) in [6.07, 6.45) is 0. The highest BCUT2D eigenvalue weighted by Crippen LogP contribution is 2.46. The molecule has 0 fully saturated rings. The molecule has 0 aliphatic heterocycles. The van der Waals surface area contributed by atoms with Gasteiger partial charge in [0.2, 0.25) is 5.75 Å². The van der Waals surface area contributed by atoms with E-state index in [2.05, 4.69) is 27.0 Å². The number of hydrogen-bond acceptors (Lipinski definition) is 6. The van der Waals surface area contributed by atoms with Crippen molar-refractivity contribution in [2.45, 2.75) is 0 Å². The van der Waals surface area contributed by atoms with E-state index in [1.807, 2.05) is 30.3 Å². The second-order valence-corrected chi connectivity index (χ2v) is 6.64. The van der Waals surface area contributed by atoms with Gasteiger partial charge in [-0.25, -0.2) is 4.98 Å². The van der Waals surface area contributed by atoms with Crippen LogP contribution in [0.3, 0.4) is 0 Å². The van der Waals surface area contributed by atoms with Gasteiger partial charge in [-0.3, -0.25) is 0 Å². The molecular weight excluding hydrogens is 422 g/mol. The lowest BCUT2D eigenvalue weighted by molar-refractivity contribution is 0.325. The van der Waals surface area contributed by atoms with Crippen LogP contribution in [0, 0.1) is 11.3 Å². The molecule has 0 spiro atoms. The quantitative estimate of drug-likeness (QED) is 0.621. The van der Waals surface area contributed by atoms with Crippen molar-refractivity contribution in [1.29, 1.82) is 5.26 Å². The third kappa shape index (κ3) is 3.35.